The highest BCUT2D eigenvalue weighted by Crippen LogP contribution is 2.28. The van der Waals surface area contributed by atoms with Crippen LogP contribution in [0.2, 0.25) is 5.02 Å². The van der Waals surface area contributed by atoms with Gasteiger partial charge in [0.25, 0.3) is 5.69 Å². The lowest BCUT2D eigenvalue weighted by Gasteiger charge is -2.32. The van der Waals surface area contributed by atoms with Crippen LogP contribution in [0.4, 0.5) is 5.69 Å². The van der Waals surface area contributed by atoms with Crippen molar-refractivity contribution < 1.29 is 18.1 Å². The summed E-state index contributed by atoms with van der Waals surface area (Å²) in [6, 6.07) is 6.49. The highest BCUT2D eigenvalue weighted by molar-refractivity contribution is 7.89. The molecule has 1 aromatic carbocycles. The Kier molecular flexibility index (Phi) is 5.40. The third-order valence-electron chi connectivity index (χ3n) is 4.06. The second kappa shape index (κ2) is 7.56. The molecule has 0 spiro atoms. The standard InChI is InChI=1S/C16H16ClN3O5S/c17-15-10-18-8-7-16(15)25-13-2-1-9-19(11-13)26(23,24)14-5-3-12(4-6-14)20(21)22/h3-8,10,13H,1-2,9,11H2. The minimum Gasteiger partial charge on any atom is -0.487 e. The molecule has 1 unspecified atom stereocenters. The predicted molar refractivity (Wildman–Crippen MR) is 94.8 cm³/mol. The van der Waals surface area contributed by atoms with E-state index in [1.807, 2.05) is 0 Å². The molecule has 1 aromatic heterocycles. The number of nitro groups is 1. The lowest BCUT2D eigenvalue weighted by Crippen LogP contribution is -2.44. The van der Waals surface area contributed by atoms with Crippen molar-refractivity contribution in [2.24, 2.45) is 0 Å². The SMILES string of the molecule is O=[N+]([O-])c1ccc(S(=O)(=O)N2CCCC(Oc3ccncc3Cl)C2)cc1. The van der Waals surface area contributed by atoms with Crippen molar-refractivity contribution in [3.8, 4) is 5.75 Å². The summed E-state index contributed by atoms with van der Waals surface area (Å²) in [5.74, 6) is 0.459. The van der Waals surface area contributed by atoms with Crippen LogP contribution in [0.1, 0.15) is 12.8 Å². The van der Waals surface area contributed by atoms with E-state index >= 15 is 0 Å². The summed E-state index contributed by atoms with van der Waals surface area (Å²) < 4.78 is 32.8. The molecular weight excluding hydrogens is 382 g/mol. The van der Waals surface area contributed by atoms with Gasteiger partial charge >= 0.3 is 0 Å². The number of sulfonamides is 1. The number of pyridine rings is 1. The Morgan fingerprint density at radius 1 is 1.27 bits per heavy atom. The van der Waals surface area contributed by atoms with Crippen LogP contribution < -0.4 is 4.74 Å². The van der Waals surface area contributed by atoms with Gasteiger partial charge in [0.1, 0.15) is 16.9 Å². The quantitative estimate of drug-likeness (QED) is 0.567. The van der Waals surface area contributed by atoms with Crippen molar-refractivity contribution in [2.75, 3.05) is 13.1 Å². The number of rotatable bonds is 5. The van der Waals surface area contributed by atoms with Gasteiger partial charge in [-0.05, 0) is 25.0 Å². The van der Waals surface area contributed by atoms with Gasteiger partial charge < -0.3 is 4.74 Å². The van der Waals surface area contributed by atoms with Crippen LogP contribution in [0.5, 0.6) is 5.75 Å². The number of benzene rings is 1. The average Bonchev–Trinajstić information content (AvgIpc) is 2.64. The monoisotopic (exact) mass is 397 g/mol. The minimum atomic E-state index is -3.75. The number of nitrogens with zero attached hydrogens (tertiary/aromatic N) is 3. The molecule has 8 nitrogen and oxygen atoms in total. The first-order valence-corrected chi connectivity index (χ1v) is 9.70. The smallest absolute Gasteiger partial charge is 0.269 e. The van der Waals surface area contributed by atoms with Crippen LogP contribution in [-0.4, -0.2) is 41.8 Å². The molecule has 2 aromatic rings. The van der Waals surface area contributed by atoms with E-state index in [4.69, 9.17) is 16.3 Å². The molecule has 1 fully saturated rings. The third-order valence-corrected chi connectivity index (χ3v) is 6.22. The van der Waals surface area contributed by atoms with Crippen LogP contribution >= 0.6 is 11.6 Å². The molecule has 2 heterocycles. The summed E-state index contributed by atoms with van der Waals surface area (Å²) in [6.07, 6.45) is 4.02. The van der Waals surface area contributed by atoms with Crippen molar-refractivity contribution in [1.82, 2.24) is 9.29 Å². The van der Waals surface area contributed by atoms with Crippen LogP contribution in [0.25, 0.3) is 0 Å². The van der Waals surface area contributed by atoms with Crippen molar-refractivity contribution in [1.29, 1.82) is 0 Å². The molecule has 26 heavy (non-hydrogen) atoms. The van der Waals surface area contributed by atoms with Crippen LogP contribution in [0.3, 0.4) is 0 Å². The second-order valence-corrected chi connectivity index (χ2v) is 8.15. The number of nitro benzene ring substituents is 1. The molecule has 1 aliphatic heterocycles. The van der Waals surface area contributed by atoms with Gasteiger partial charge in [0, 0.05) is 37.1 Å². The Labute approximate surface area is 155 Å². The maximum atomic E-state index is 12.8. The number of hydrogen-bond donors (Lipinski definition) is 0. The maximum Gasteiger partial charge on any atom is 0.269 e. The van der Waals surface area contributed by atoms with E-state index in [1.165, 1.54) is 34.8 Å². The first-order chi connectivity index (χ1) is 12.4. The number of ether oxygens (including phenoxy) is 1. The Hall–Kier alpha value is -2.23. The Balaban J connectivity index is 1.75. The lowest BCUT2D eigenvalue weighted by molar-refractivity contribution is -0.384. The summed E-state index contributed by atoms with van der Waals surface area (Å²) in [6.45, 7) is 0.543. The molecule has 3 rings (SSSR count). The lowest BCUT2D eigenvalue weighted by atomic mass is 10.1. The number of halogens is 1. The third kappa shape index (κ3) is 3.95. The molecule has 0 N–H and O–H groups in total. The molecule has 0 bridgehead atoms. The number of hydrogen-bond acceptors (Lipinski definition) is 6. The molecule has 0 amide bonds. The summed E-state index contributed by atoms with van der Waals surface area (Å²) >= 11 is 6.03. The molecule has 1 aliphatic rings. The van der Waals surface area contributed by atoms with E-state index in [0.717, 1.165) is 0 Å². The van der Waals surface area contributed by atoms with Crippen molar-refractivity contribution in [3.05, 3.63) is 57.9 Å². The zero-order valence-corrected chi connectivity index (χ0v) is 15.2. The van der Waals surface area contributed by atoms with Crippen molar-refractivity contribution in [3.63, 3.8) is 0 Å². The van der Waals surface area contributed by atoms with Gasteiger partial charge in [-0.25, -0.2) is 8.42 Å². The molecule has 138 valence electrons. The van der Waals surface area contributed by atoms with Gasteiger partial charge in [-0.15, -0.1) is 0 Å². The molecule has 1 atom stereocenters. The topological polar surface area (TPSA) is 103 Å². The molecule has 10 heteroatoms. The highest BCUT2D eigenvalue weighted by Gasteiger charge is 2.31. The summed E-state index contributed by atoms with van der Waals surface area (Å²) in [5.41, 5.74) is -0.156. The van der Waals surface area contributed by atoms with Crippen molar-refractivity contribution in [2.45, 2.75) is 23.8 Å². The van der Waals surface area contributed by atoms with E-state index in [9.17, 15) is 18.5 Å². The van der Waals surface area contributed by atoms with E-state index in [2.05, 4.69) is 4.98 Å². The Morgan fingerprint density at radius 3 is 2.65 bits per heavy atom. The summed E-state index contributed by atoms with van der Waals surface area (Å²) in [5, 5.41) is 11.1. The fourth-order valence-corrected chi connectivity index (χ4v) is 4.42. The fraction of sp³-hybridized carbons (Fsp3) is 0.312. The zero-order valence-electron chi connectivity index (χ0n) is 13.6. The Bertz CT molecular complexity index is 904. The fourth-order valence-electron chi connectivity index (χ4n) is 2.75. The minimum absolute atomic E-state index is 0.0192. The number of non-ortho nitro benzene ring substituents is 1. The van der Waals surface area contributed by atoms with Crippen LogP contribution in [0.15, 0.2) is 47.6 Å². The summed E-state index contributed by atoms with van der Waals surface area (Å²) in [4.78, 5) is 14.1. The van der Waals surface area contributed by atoms with E-state index in [1.54, 1.807) is 12.3 Å². The second-order valence-electron chi connectivity index (χ2n) is 5.80. The van der Waals surface area contributed by atoms with Gasteiger partial charge in [0.05, 0.1) is 16.4 Å². The molecule has 0 radical (unpaired) electrons. The summed E-state index contributed by atoms with van der Waals surface area (Å²) in [7, 11) is -3.75. The molecular formula is C16H16ClN3O5S. The first-order valence-electron chi connectivity index (χ1n) is 7.88. The highest BCUT2D eigenvalue weighted by atomic mass is 35.5. The number of aromatic nitrogens is 1. The first kappa shape index (κ1) is 18.6. The maximum absolute atomic E-state index is 12.8. The van der Waals surface area contributed by atoms with Gasteiger partial charge in [-0.3, -0.25) is 15.1 Å². The normalized spacial score (nSPS) is 18.4. The predicted octanol–water partition coefficient (Wildman–Crippen LogP) is 2.88. The van der Waals surface area contributed by atoms with Crippen molar-refractivity contribution >= 4 is 27.3 Å². The number of piperidine rings is 1. The molecule has 0 saturated carbocycles. The van der Waals surface area contributed by atoms with E-state index in [0.29, 0.717) is 30.2 Å². The largest absolute Gasteiger partial charge is 0.487 e. The van der Waals surface area contributed by atoms with Crippen LogP contribution in [-0.2, 0) is 10.0 Å². The molecule has 0 aliphatic carbocycles. The zero-order chi connectivity index (χ0) is 18.7. The van der Waals surface area contributed by atoms with E-state index in [-0.39, 0.29) is 23.2 Å². The van der Waals surface area contributed by atoms with Gasteiger partial charge in [-0.1, -0.05) is 11.6 Å². The van der Waals surface area contributed by atoms with Gasteiger partial charge in [0.15, 0.2) is 0 Å². The molecule has 1 saturated heterocycles. The van der Waals surface area contributed by atoms with Gasteiger partial charge in [0.2, 0.25) is 10.0 Å². The van der Waals surface area contributed by atoms with E-state index < -0.39 is 14.9 Å². The van der Waals surface area contributed by atoms with Gasteiger partial charge in [-0.2, -0.15) is 4.31 Å². The average molecular weight is 398 g/mol. The Morgan fingerprint density at radius 2 is 2.00 bits per heavy atom. The van der Waals surface area contributed by atoms with Crippen LogP contribution in [0, 0.1) is 10.1 Å².